The van der Waals surface area contributed by atoms with Crippen LogP contribution in [0.15, 0.2) is 30.5 Å². The molecule has 114 valence electrons. The first-order valence-electron chi connectivity index (χ1n) is 6.04. The predicted octanol–water partition coefficient (Wildman–Crippen LogP) is 1.47. The molecular weight excluding hydrogens is 292 g/mol. The maximum atomic E-state index is 12.1. The van der Waals surface area contributed by atoms with Gasteiger partial charge in [-0.25, -0.2) is 4.79 Å². The van der Waals surface area contributed by atoms with Crippen molar-refractivity contribution in [2.45, 2.75) is 0 Å². The number of aryl methyl sites for hydroxylation is 1. The van der Waals surface area contributed by atoms with Gasteiger partial charge in [0.1, 0.15) is 5.69 Å². The minimum Gasteiger partial charge on any atom is -0.478 e. The maximum absolute atomic E-state index is 12.1. The number of hydrogen-bond acceptors (Lipinski definition) is 5. The summed E-state index contributed by atoms with van der Waals surface area (Å²) in [5.74, 6) is -1.73. The molecule has 1 aromatic carbocycles. The maximum Gasteiger partial charge on any atom is 0.335 e. The fourth-order valence-corrected chi connectivity index (χ4v) is 1.87. The van der Waals surface area contributed by atoms with Crippen molar-refractivity contribution in [1.29, 1.82) is 0 Å². The van der Waals surface area contributed by atoms with Gasteiger partial charge in [0.05, 0.1) is 28.1 Å². The number of carbonyl (C=O) groups excluding carboxylic acids is 1. The van der Waals surface area contributed by atoms with E-state index in [2.05, 4.69) is 5.32 Å². The number of nitro groups is 1. The zero-order valence-electron chi connectivity index (χ0n) is 11.4. The second kappa shape index (κ2) is 5.56. The van der Waals surface area contributed by atoms with Crippen molar-refractivity contribution >= 4 is 28.9 Å². The third kappa shape index (κ3) is 2.87. The number of carboxylic acid groups (broad SMARTS) is 1. The molecule has 0 saturated heterocycles. The Hall–Kier alpha value is -3.36. The van der Waals surface area contributed by atoms with E-state index in [1.165, 1.54) is 36.0 Å². The molecule has 1 aromatic heterocycles. The summed E-state index contributed by atoms with van der Waals surface area (Å²) in [5.41, 5.74) is 5.85. The Labute approximate surface area is 124 Å². The Kier molecular flexibility index (Phi) is 3.80. The molecule has 2 aromatic rings. The van der Waals surface area contributed by atoms with Crippen molar-refractivity contribution < 1.29 is 19.6 Å². The van der Waals surface area contributed by atoms with Crippen molar-refractivity contribution in [2.24, 2.45) is 7.05 Å². The third-order valence-electron chi connectivity index (χ3n) is 2.98. The molecule has 0 saturated carbocycles. The highest BCUT2D eigenvalue weighted by molar-refractivity contribution is 6.05. The van der Waals surface area contributed by atoms with E-state index in [-0.39, 0.29) is 28.3 Å². The molecule has 0 unspecified atom stereocenters. The number of anilines is 2. The standard InChI is InChI=1S/C13H12N4O5/c1-16-6-8(17(21)22)5-11(16)12(18)15-10-3-2-7(13(19)20)4-9(10)14/h2-6H,14H2,1H3,(H,15,18)(H,19,20). The van der Waals surface area contributed by atoms with Crippen LogP contribution in [0.1, 0.15) is 20.8 Å². The van der Waals surface area contributed by atoms with Crippen LogP contribution in [0, 0.1) is 10.1 Å². The molecule has 0 aliphatic rings. The van der Waals surface area contributed by atoms with E-state index >= 15 is 0 Å². The van der Waals surface area contributed by atoms with Crippen molar-refractivity contribution in [2.75, 3.05) is 11.1 Å². The molecule has 0 bridgehead atoms. The Morgan fingerprint density at radius 2 is 2.05 bits per heavy atom. The number of carbonyl (C=O) groups is 2. The van der Waals surface area contributed by atoms with Crippen LogP contribution < -0.4 is 11.1 Å². The van der Waals surface area contributed by atoms with E-state index in [0.717, 1.165) is 6.07 Å². The zero-order chi connectivity index (χ0) is 16.4. The normalized spacial score (nSPS) is 10.2. The topological polar surface area (TPSA) is 140 Å². The first-order valence-corrected chi connectivity index (χ1v) is 6.04. The molecule has 0 fully saturated rings. The molecule has 1 amide bonds. The number of hydrogen-bond donors (Lipinski definition) is 3. The number of aromatic nitrogens is 1. The highest BCUT2D eigenvalue weighted by Gasteiger charge is 2.18. The summed E-state index contributed by atoms with van der Waals surface area (Å²) in [6.07, 6.45) is 1.21. The summed E-state index contributed by atoms with van der Waals surface area (Å²) in [6.45, 7) is 0. The van der Waals surface area contributed by atoms with Crippen LogP contribution in [0.5, 0.6) is 0 Å². The molecule has 0 spiro atoms. The average molecular weight is 304 g/mol. The lowest BCUT2D eigenvalue weighted by atomic mass is 10.1. The minimum atomic E-state index is -1.14. The third-order valence-corrected chi connectivity index (χ3v) is 2.98. The van der Waals surface area contributed by atoms with E-state index in [1.54, 1.807) is 0 Å². The smallest absolute Gasteiger partial charge is 0.335 e. The van der Waals surface area contributed by atoms with Crippen LogP contribution >= 0.6 is 0 Å². The van der Waals surface area contributed by atoms with E-state index < -0.39 is 16.8 Å². The van der Waals surface area contributed by atoms with Crippen molar-refractivity contribution in [1.82, 2.24) is 4.57 Å². The van der Waals surface area contributed by atoms with Gasteiger partial charge in [0, 0.05) is 13.1 Å². The summed E-state index contributed by atoms with van der Waals surface area (Å²) >= 11 is 0. The Bertz CT molecular complexity index is 781. The van der Waals surface area contributed by atoms with Gasteiger partial charge in [-0.3, -0.25) is 14.9 Å². The zero-order valence-corrected chi connectivity index (χ0v) is 11.4. The van der Waals surface area contributed by atoms with Gasteiger partial charge in [0.15, 0.2) is 0 Å². The predicted molar refractivity (Wildman–Crippen MR) is 77.8 cm³/mol. The lowest BCUT2D eigenvalue weighted by molar-refractivity contribution is -0.384. The van der Waals surface area contributed by atoms with Gasteiger partial charge >= 0.3 is 5.97 Å². The van der Waals surface area contributed by atoms with Gasteiger partial charge in [-0.2, -0.15) is 0 Å². The fourth-order valence-electron chi connectivity index (χ4n) is 1.87. The second-order valence-corrected chi connectivity index (χ2v) is 4.51. The highest BCUT2D eigenvalue weighted by Crippen LogP contribution is 2.22. The van der Waals surface area contributed by atoms with Gasteiger partial charge in [-0.15, -0.1) is 0 Å². The summed E-state index contributed by atoms with van der Waals surface area (Å²) in [7, 11) is 1.50. The molecule has 0 aliphatic carbocycles. The van der Waals surface area contributed by atoms with E-state index in [9.17, 15) is 19.7 Å². The molecule has 0 radical (unpaired) electrons. The Morgan fingerprint density at radius 3 is 2.55 bits per heavy atom. The summed E-state index contributed by atoms with van der Waals surface area (Å²) < 4.78 is 1.31. The van der Waals surface area contributed by atoms with Crippen LogP contribution in [0.25, 0.3) is 0 Å². The van der Waals surface area contributed by atoms with Crippen molar-refractivity contribution in [3.05, 3.63) is 51.8 Å². The Balaban J connectivity index is 2.26. The monoisotopic (exact) mass is 304 g/mol. The number of nitrogens with two attached hydrogens (primary N) is 1. The Morgan fingerprint density at radius 1 is 1.36 bits per heavy atom. The van der Waals surface area contributed by atoms with Crippen LogP contribution in [0.4, 0.5) is 17.1 Å². The van der Waals surface area contributed by atoms with Crippen LogP contribution in [-0.2, 0) is 7.05 Å². The van der Waals surface area contributed by atoms with Crippen molar-refractivity contribution in [3.63, 3.8) is 0 Å². The molecule has 0 atom stereocenters. The summed E-state index contributed by atoms with van der Waals surface area (Å²) in [5, 5.41) is 22.0. The molecule has 2 rings (SSSR count). The van der Waals surface area contributed by atoms with Crippen LogP contribution in [0.3, 0.4) is 0 Å². The van der Waals surface area contributed by atoms with Crippen molar-refractivity contribution in [3.8, 4) is 0 Å². The van der Waals surface area contributed by atoms with Gasteiger partial charge < -0.3 is 20.7 Å². The van der Waals surface area contributed by atoms with Crippen LogP contribution in [0.2, 0.25) is 0 Å². The second-order valence-electron chi connectivity index (χ2n) is 4.51. The fraction of sp³-hybridized carbons (Fsp3) is 0.0769. The molecule has 4 N–H and O–H groups in total. The van der Waals surface area contributed by atoms with Gasteiger partial charge in [0.2, 0.25) is 0 Å². The quantitative estimate of drug-likeness (QED) is 0.443. The first kappa shape index (κ1) is 15.0. The van der Waals surface area contributed by atoms with E-state index in [0.29, 0.717) is 0 Å². The van der Waals surface area contributed by atoms with Gasteiger partial charge in [-0.05, 0) is 18.2 Å². The number of nitrogen functional groups attached to an aromatic ring is 1. The number of aromatic carboxylic acids is 1. The molecule has 9 nitrogen and oxygen atoms in total. The first-order chi connectivity index (χ1) is 10.3. The average Bonchev–Trinajstić information content (AvgIpc) is 2.83. The number of amides is 1. The highest BCUT2D eigenvalue weighted by atomic mass is 16.6. The largest absolute Gasteiger partial charge is 0.478 e. The molecule has 9 heteroatoms. The molecular formula is C13H12N4O5. The molecule has 1 heterocycles. The number of carboxylic acids is 1. The van der Waals surface area contributed by atoms with E-state index in [4.69, 9.17) is 10.8 Å². The number of rotatable bonds is 4. The lowest BCUT2D eigenvalue weighted by Crippen LogP contribution is -2.16. The van der Waals surface area contributed by atoms with E-state index in [1.807, 2.05) is 0 Å². The number of nitrogens with zero attached hydrogens (tertiary/aromatic N) is 2. The molecule has 22 heavy (non-hydrogen) atoms. The SMILES string of the molecule is Cn1cc([N+](=O)[O-])cc1C(=O)Nc1ccc(C(=O)O)cc1N. The summed E-state index contributed by atoms with van der Waals surface area (Å²) in [4.78, 5) is 33.0. The minimum absolute atomic E-state index is 0.00926. The van der Waals surface area contributed by atoms with Gasteiger partial charge in [-0.1, -0.05) is 0 Å². The summed E-state index contributed by atoms with van der Waals surface area (Å²) in [6, 6.07) is 5.00. The van der Waals surface area contributed by atoms with Gasteiger partial charge in [0.25, 0.3) is 11.6 Å². The van der Waals surface area contributed by atoms with Crippen LogP contribution in [-0.4, -0.2) is 26.5 Å². The number of benzene rings is 1. The molecule has 0 aliphatic heterocycles. The number of nitrogens with one attached hydrogen (secondary N) is 1. The lowest BCUT2D eigenvalue weighted by Gasteiger charge is -2.09.